The van der Waals surface area contributed by atoms with Gasteiger partial charge in [-0.3, -0.25) is 0 Å². The molecule has 1 fully saturated rings. The molecule has 0 bridgehead atoms. The highest BCUT2D eigenvalue weighted by molar-refractivity contribution is 6.29. The smallest absolute Gasteiger partial charge is 0.146 e. The lowest BCUT2D eigenvalue weighted by molar-refractivity contribution is 0.122. The lowest BCUT2D eigenvalue weighted by Gasteiger charge is -2.29. The minimum Gasteiger partial charge on any atom is -0.494 e. The Morgan fingerprint density at radius 1 is 1.47 bits per heavy atom. The summed E-state index contributed by atoms with van der Waals surface area (Å²) >= 11 is 5.80. The number of ether oxygens (including phenoxy) is 2. The maximum Gasteiger partial charge on any atom is 0.146 e. The molecule has 5 heteroatoms. The molecular formula is C10H13ClN2O2. The fourth-order valence-electron chi connectivity index (χ4n) is 1.61. The van der Waals surface area contributed by atoms with Crippen LogP contribution in [0.1, 0.15) is 0 Å². The lowest BCUT2D eigenvalue weighted by Crippen LogP contribution is -2.36. The topological polar surface area (TPSA) is 34.6 Å². The van der Waals surface area contributed by atoms with Gasteiger partial charge in [0.05, 0.1) is 32.2 Å². The average Bonchev–Trinajstić information content (AvgIpc) is 2.30. The normalized spacial score (nSPS) is 16.5. The van der Waals surface area contributed by atoms with Crippen molar-refractivity contribution in [1.29, 1.82) is 0 Å². The third-order valence-corrected chi connectivity index (χ3v) is 2.59. The van der Waals surface area contributed by atoms with E-state index in [0.717, 1.165) is 37.7 Å². The number of anilines is 1. The number of halogens is 1. The molecule has 1 aliphatic rings. The monoisotopic (exact) mass is 228 g/mol. The van der Waals surface area contributed by atoms with E-state index in [0.29, 0.717) is 5.15 Å². The van der Waals surface area contributed by atoms with Crippen molar-refractivity contribution in [3.8, 4) is 5.75 Å². The van der Waals surface area contributed by atoms with Crippen LogP contribution in [0, 0.1) is 0 Å². The highest BCUT2D eigenvalue weighted by Gasteiger charge is 2.15. The van der Waals surface area contributed by atoms with E-state index in [-0.39, 0.29) is 0 Å². The molecule has 0 unspecified atom stereocenters. The Balaban J connectivity index is 2.25. The second kappa shape index (κ2) is 4.68. The second-order valence-electron chi connectivity index (χ2n) is 3.28. The van der Waals surface area contributed by atoms with Crippen molar-refractivity contribution in [2.24, 2.45) is 0 Å². The predicted octanol–water partition coefficient (Wildman–Crippen LogP) is 1.58. The van der Waals surface area contributed by atoms with Crippen molar-refractivity contribution < 1.29 is 9.47 Å². The van der Waals surface area contributed by atoms with Crippen molar-refractivity contribution in [3.63, 3.8) is 0 Å². The Morgan fingerprint density at radius 2 is 2.20 bits per heavy atom. The molecule has 0 aliphatic carbocycles. The number of pyridine rings is 1. The minimum atomic E-state index is 0.448. The summed E-state index contributed by atoms with van der Waals surface area (Å²) in [6.07, 6.45) is 1.74. The van der Waals surface area contributed by atoms with Gasteiger partial charge in [-0.15, -0.1) is 0 Å². The zero-order valence-corrected chi connectivity index (χ0v) is 9.33. The largest absolute Gasteiger partial charge is 0.494 e. The molecule has 1 saturated heterocycles. The number of aromatic nitrogens is 1. The minimum absolute atomic E-state index is 0.448. The highest BCUT2D eigenvalue weighted by atomic mass is 35.5. The number of methoxy groups -OCH3 is 1. The van der Waals surface area contributed by atoms with E-state index >= 15 is 0 Å². The summed E-state index contributed by atoms with van der Waals surface area (Å²) in [6, 6.07) is 1.73. The van der Waals surface area contributed by atoms with E-state index in [1.807, 2.05) is 0 Å². The second-order valence-corrected chi connectivity index (χ2v) is 3.67. The van der Waals surface area contributed by atoms with Gasteiger partial charge in [0.1, 0.15) is 10.9 Å². The maximum atomic E-state index is 5.80. The first kappa shape index (κ1) is 10.5. The average molecular weight is 229 g/mol. The molecule has 1 aromatic rings. The van der Waals surface area contributed by atoms with Crippen LogP contribution in [0.4, 0.5) is 5.69 Å². The first-order valence-electron chi connectivity index (χ1n) is 4.83. The molecule has 0 N–H and O–H groups in total. The van der Waals surface area contributed by atoms with Crippen molar-refractivity contribution in [2.75, 3.05) is 38.3 Å². The SMILES string of the molecule is COc1cc(Cl)ncc1N1CCOCC1. The Hall–Kier alpha value is -1.00. The molecule has 1 aliphatic heterocycles. The van der Waals surface area contributed by atoms with E-state index in [2.05, 4.69) is 9.88 Å². The molecule has 0 saturated carbocycles. The van der Waals surface area contributed by atoms with Crippen molar-refractivity contribution in [1.82, 2.24) is 4.98 Å². The predicted molar refractivity (Wildman–Crippen MR) is 58.8 cm³/mol. The van der Waals surface area contributed by atoms with Gasteiger partial charge in [0.2, 0.25) is 0 Å². The third kappa shape index (κ3) is 2.33. The van der Waals surface area contributed by atoms with Gasteiger partial charge in [0.25, 0.3) is 0 Å². The van der Waals surface area contributed by atoms with Gasteiger partial charge in [-0.25, -0.2) is 4.98 Å². The standard InChI is InChI=1S/C10H13ClN2O2/c1-14-9-6-10(11)12-7-8(9)13-2-4-15-5-3-13/h6-7H,2-5H2,1H3. The van der Waals surface area contributed by atoms with Crippen LogP contribution >= 0.6 is 11.6 Å². The molecule has 2 rings (SSSR count). The molecule has 0 atom stereocenters. The zero-order chi connectivity index (χ0) is 10.7. The van der Waals surface area contributed by atoms with Gasteiger partial charge in [0, 0.05) is 19.2 Å². The molecule has 4 nitrogen and oxygen atoms in total. The van der Waals surface area contributed by atoms with Gasteiger partial charge in [-0.1, -0.05) is 11.6 Å². The molecule has 0 aromatic carbocycles. The first-order valence-corrected chi connectivity index (χ1v) is 5.21. The van der Waals surface area contributed by atoms with Gasteiger partial charge in [-0.2, -0.15) is 0 Å². The van der Waals surface area contributed by atoms with E-state index in [1.54, 1.807) is 19.4 Å². The van der Waals surface area contributed by atoms with Crippen LogP contribution in [0.15, 0.2) is 12.3 Å². The van der Waals surface area contributed by atoms with E-state index in [4.69, 9.17) is 21.1 Å². The number of hydrogen-bond acceptors (Lipinski definition) is 4. The van der Waals surface area contributed by atoms with E-state index < -0.39 is 0 Å². The number of rotatable bonds is 2. The van der Waals surface area contributed by atoms with Crippen LogP contribution < -0.4 is 9.64 Å². The number of nitrogens with zero attached hydrogens (tertiary/aromatic N) is 2. The van der Waals surface area contributed by atoms with Crippen molar-refractivity contribution in [2.45, 2.75) is 0 Å². The molecule has 15 heavy (non-hydrogen) atoms. The molecule has 1 aromatic heterocycles. The Kier molecular flexibility index (Phi) is 3.28. The van der Waals surface area contributed by atoms with Crippen LogP contribution in [0.5, 0.6) is 5.75 Å². The summed E-state index contributed by atoms with van der Waals surface area (Å²) in [7, 11) is 1.63. The quantitative estimate of drug-likeness (QED) is 0.720. The highest BCUT2D eigenvalue weighted by Crippen LogP contribution is 2.29. The van der Waals surface area contributed by atoms with Gasteiger partial charge in [-0.05, 0) is 0 Å². The Morgan fingerprint density at radius 3 is 2.87 bits per heavy atom. The molecule has 0 amide bonds. The van der Waals surface area contributed by atoms with Crippen LogP contribution in [0.3, 0.4) is 0 Å². The Bertz CT molecular complexity index is 340. The molecular weight excluding hydrogens is 216 g/mol. The van der Waals surface area contributed by atoms with Crippen molar-refractivity contribution in [3.05, 3.63) is 17.4 Å². The number of morpholine rings is 1. The summed E-state index contributed by atoms with van der Waals surface area (Å²) in [5, 5.41) is 0.448. The molecule has 0 radical (unpaired) electrons. The lowest BCUT2D eigenvalue weighted by atomic mass is 10.3. The summed E-state index contributed by atoms with van der Waals surface area (Å²) in [5.41, 5.74) is 0.977. The third-order valence-electron chi connectivity index (χ3n) is 2.38. The fourth-order valence-corrected chi connectivity index (χ4v) is 1.76. The Labute approximate surface area is 93.8 Å². The van der Waals surface area contributed by atoms with Gasteiger partial charge < -0.3 is 14.4 Å². The fraction of sp³-hybridized carbons (Fsp3) is 0.500. The van der Waals surface area contributed by atoms with Crippen LogP contribution in [-0.4, -0.2) is 38.4 Å². The molecule has 82 valence electrons. The van der Waals surface area contributed by atoms with E-state index in [9.17, 15) is 0 Å². The molecule has 2 heterocycles. The van der Waals surface area contributed by atoms with Crippen LogP contribution in [0.2, 0.25) is 5.15 Å². The van der Waals surface area contributed by atoms with Crippen LogP contribution in [-0.2, 0) is 4.74 Å². The summed E-state index contributed by atoms with van der Waals surface area (Å²) in [4.78, 5) is 6.25. The zero-order valence-electron chi connectivity index (χ0n) is 8.57. The summed E-state index contributed by atoms with van der Waals surface area (Å²) in [6.45, 7) is 3.21. The van der Waals surface area contributed by atoms with Gasteiger partial charge >= 0.3 is 0 Å². The van der Waals surface area contributed by atoms with Gasteiger partial charge in [0.15, 0.2) is 0 Å². The molecule has 0 spiro atoms. The summed E-state index contributed by atoms with van der Waals surface area (Å²) < 4.78 is 10.6. The maximum absolute atomic E-state index is 5.80. The number of hydrogen-bond donors (Lipinski definition) is 0. The first-order chi connectivity index (χ1) is 7.31. The summed E-state index contributed by atoms with van der Waals surface area (Å²) in [5.74, 6) is 0.761. The van der Waals surface area contributed by atoms with Crippen molar-refractivity contribution >= 4 is 17.3 Å². The van der Waals surface area contributed by atoms with E-state index in [1.165, 1.54) is 0 Å². The van der Waals surface area contributed by atoms with Crippen LogP contribution in [0.25, 0.3) is 0 Å².